The van der Waals surface area contributed by atoms with E-state index in [1.54, 1.807) is 42.0 Å². The van der Waals surface area contributed by atoms with Crippen LogP contribution < -0.4 is 20.7 Å². The maximum Gasteiger partial charge on any atom is 0.323 e. The molecule has 0 spiro atoms. The lowest BCUT2D eigenvalue weighted by molar-refractivity contribution is -0.134. The van der Waals surface area contributed by atoms with Gasteiger partial charge < -0.3 is 35.6 Å². The Morgan fingerprint density at radius 3 is 2.46 bits per heavy atom. The first-order valence-corrected chi connectivity index (χ1v) is 15.1. The first-order valence-electron chi connectivity index (χ1n) is 15.1. The van der Waals surface area contributed by atoms with E-state index in [2.05, 4.69) is 16.0 Å². The van der Waals surface area contributed by atoms with Gasteiger partial charge in [-0.25, -0.2) is 14.0 Å². The van der Waals surface area contributed by atoms with Gasteiger partial charge in [-0.1, -0.05) is 43.3 Å². The van der Waals surface area contributed by atoms with Crippen LogP contribution >= 0.6 is 0 Å². The summed E-state index contributed by atoms with van der Waals surface area (Å²) in [4.78, 5) is 42.7. The number of amides is 5. The van der Waals surface area contributed by atoms with Gasteiger partial charge >= 0.3 is 12.1 Å². The Balaban J connectivity index is 1.36. The molecule has 10 nitrogen and oxygen atoms in total. The van der Waals surface area contributed by atoms with Crippen LogP contribution in [0.3, 0.4) is 0 Å². The molecule has 4 N–H and O–H groups in total. The maximum absolute atomic E-state index is 13.5. The molecule has 0 fully saturated rings. The number of urea groups is 2. The zero-order chi connectivity index (χ0) is 32.8. The summed E-state index contributed by atoms with van der Waals surface area (Å²) < 4.78 is 19.8. The Kier molecular flexibility index (Phi) is 10.0. The number of fused-ring (bicyclic) bond motifs is 2. The molecule has 0 saturated carbocycles. The van der Waals surface area contributed by atoms with Crippen molar-refractivity contribution >= 4 is 45.8 Å². The van der Waals surface area contributed by atoms with Crippen LogP contribution in [-0.2, 0) is 11.2 Å². The third-order valence-electron chi connectivity index (χ3n) is 8.11. The Bertz CT molecular complexity index is 1710. The van der Waals surface area contributed by atoms with Crippen molar-refractivity contribution in [2.45, 2.75) is 32.4 Å². The number of rotatable bonds is 7. The number of nitrogens with one attached hydrogen (secondary N) is 3. The lowest BCUT2D eigenvalue weighted by Gasteiger charge is -2.34. The topological polar surface area (TPSA) is 123 Å². The third-order valence-corrected chi connectivity index (χ3v) is 8.11. The van der Waals surface area contributed by atoms with E-state index in [0.717, 1.165) is 10.8 Å². The van der Waals surface area contributed by atoms with Gasteiger partial charge in [0, 0.05) is 41.8 Å². The predicted molar refractivity (Wildman–Crippen MR) is 177 cm³/mol. The first kappa shape index (κ1) is 32.2. The smallest absolute Gasteiger partial charge is 0.323 e. The first-order chi connectivity index (χ1) is 22.1. The van der Waals surface area contributed by atoms with E-state index in [9.17, 15) is 23.9 Å². The fourth-order valence-electron chi connectivity index (χ4n) is 5.45. The van der Waals surface area contributed by atoms with Crippen LogP contribution in [0.1, 0.15) is 19.4 Å². The summed E-state index contributed by atoms with van der Waals surface area (Å²) in [6.45, 7) is 4.04. The van der Waals surface area contributed by atoms with Gasteiger partial charge in [-0.2, -0.15) is 0 Å². The van der Waals surface area contributed by atoms with Crippen molar-refractivity contribution in [3.8, 4) is 5.75 Å². The van der Waals surface area contributed by atoms with Crippen LogP contribution in [0.5, 0.6) is 5.75 Å². The van der Waals surface area contributed by atoms with Crippen molar-refractivity contribution in [3.05, 3.63) is 96.3 Å². The second kappa shape index (κ2) is 14.3. The molecule has 11 heteroatoms. The zero-order valence-corrected chi connectivity index (χ0v) is 26.0. The molecule has 1 aliphatic heterocycles. The highest BCUT2D eigenvalue weighted by atomic mass is 19.1. The van der Waals surface area contributed by atoms with Gasteiger partial charge in [0.25, 0.3) is 0 Å². The van der Waals surface area contributed by atoms with Crippen LogP contribution in [0.2, 0.25) is 0 Å². The minimum Gasteiger partial charge on any atom is -0.488 e. The summed E-state index contributed by atoms with van der Waals surface area (Å²) in [5.74, 6) is -0.372. The molecule has 3 atom stereocenters. The van der Waals surface area contributed by atoms with Gasteiger partial charge in [0.2, 0.25) is 5.91 Å². The van der Waals surface area contributed by atoms with Crippen LogP contribution in [0.15, 0.2) is 84.9 Å². The van der Waals surface area contributed by atoms with E-state index in [1.165, 1.54) is 24.3 Å². The second-order valence-corrected chi connectivity index (χ2v) is 11.6. The average molecular weight is 628 g/mol. The number of halogens is 1. The molecule has 1 heterocycles. The van der Waals surface area contributed by atoms with E-state index in [4.69, 9.17) is 4.74 Å². The molecule has 0 aliphatic carbocycles. The Labute approximate surface area is 267 Å². The highest BCUT2D eigenvalue weighted by Gasteiger charge is 2.32. The van der Waals surface area contributed by atoms with Gasteiger partial charge in [0.1, 0.15) is 17.7 Å². The number of hydrogen-bond acceptors (Lipinski definition) is 5. The minimum absolute atomic E-state index is 0.0222. The molecule has 0 aromatic heterocycles. The molecule has 0 saturated heterocycles. The Morgan fingerprint density at radius 2 is 1.70 bits per heavy atom. The summed E-state index contributed by atoms with van der Waals surface area (Å²) in [6, 6.07) is 22.7. The summed E-state index contributed by atoms with van der Waals surface area (Å²) in [5.41, 5.74) is 2.08. The molecular formula is C35H38FN5O5. The normalized spacial score (nSPS) is 17.1. The number of ether oxygens (including phenoxy) is 1. The lowest BCUT2D eigenvalue weighted by Crippen LogP contribution is -2.48. The predicted octanol–water partition coefficient (Wildman–Crippen LogP) is 5.94. The number of carbonyl (C=O) groups is 3. The number of hydrogen-bond donors (Lipinski definition) is 4. The number of anilines is 3. The van der Waals surface area contributed by atoms with Crippen molar-refractivity contribution in [2.24, 2.45) is 5.92 Å². The Morgan fingerprint density at radius 1 is 1.00 bits per heavy atom. The minimum atomic E-state index is -0.539. The fourth-order valence-corrected chi connectivity index (χ4v) is 5.45. The van der Waals surface area contributed by atoms with Gasteiger partial charge in [-0.05, 0) is 60.8 Å². The molecule has 1 aliphatic rings. The fraction of sp³-hybridized carbons (Fsp3) is 0.286. The Hall–Kier alpha value is -5.16. The monoisotopic (exact) mass is 627 g/mol. The molecule has 4 aromatic rings. The quantitative estimate of drug-likeness (QED) is 0.202. The summed E-state index contributed by atoms with van der Waals surface area (Å²) in [7, 11) is 1.69. The third kappa shape index (κ3) is 7.73. The summed E-state index contributed by atoms with van der Waals surface area (Å²) in [5, 5.41) is 20.3. The molecule has 5 amide bonds. The van der Waals surface area contributed by atoms with E-state index in [0.29, 0.717) is 34.9 Å². The van der Waals surface area contributed by atoms with Crippen molar-refractivity contribution < 1.29 is 28.6 Å². The van der Waals surface area contributed by atoms with Crippen molar-refractivity contribution in [1.82, 2.24) is 9.80 Å². The highest BCUT2D eigenvalue weighted by Crippen LogP contribution is 2.30. The van der Waals surface area contributed by atoms with Crippen molar-refractivity contribution in [3.63, 3.8) is 0 Å². The number of benzene rings is 4. The summed E-state index contributed by atoms with van der Waals surface area (Å²) in [6.07, 6.45) is -0.534. The molecule has 5 rings (SSSR count). The molecule has 240 valence electrons. The van der Waals surface area contributed by atoms with Crippen LogP contribution in [-0.4, -0.2) is 71.8 Å². The number of aliphatic hydroxyl groups excluding tert-OH is 1. The van der Waals surface area contributed by atoms with Gasteiger partial charge in [0.15, 0.2) is 0 Å². The highest BCUT2D eigenvalue weighted by molar-refractivity contribution is 6.01. The standard InChI is InChI=1S/C35H38FN5O5/c1-22-19-41(23(2)21-42)33(43)18-25-17-28(38-34(44)37-27-13-11-26(36)12-14-27)15-16-31(25)46-32(22)20-40(3)35(45)39-30-10-6-8-24-7-4-5-9-29(24)30/h4-17,22-23,32,42H,18-21H2,1-3H3,(H,39,45)(H2,37,38,44)/t22-,23+,32-/m0/s1. The summed E-state index contributed by atoms with van der Waals surface area (Å²) >= 11 is 0. The number of aliphatic hydroxyl groups is 1. The van der Waals surface area contributed by atoms with Gasteiger partial charge in [-0.15, -0.1) is 0 Å². The number of likely N-dealkylation sites (N-methyl/N-ethyl adjacent to an activating group) is 1. The lowest BCUT2D eigenvalue weighted by atomic mass is 10.0. The maximum atomic E-state index is 13.5. The molecule has 46 heavy (non-hydrogen) atoms. The second-order valence-electron chi connectivity index (χ2n) is 11.6. The van der Waals surface area contributed by atoms with Crippen molar-refractivity contribution in [2.75, 3.05) is 42.7 Å². The molecule has 0 radical (unpaired) electrons. The molecule has 4 aromatic carbocycles. The largest absolute Gasteiger partial charge is 0.488 e. The van der Waals surface area contributed by atoms with E-state index in [-0.39, 0.29) is 37.4 Å². The van der Waals surface area contributed by atoms with Crippen LogP contribution in [0, 0.1) is 11.7 Å². The van der Waals surface area contributed by atoms with Crippen LogP contribution in [0.25, 0.3) is 10.8 Å². The zero-order valence-electron chi connectivity index (χ0n) is 26.0. The van der Waals surface area contributed by atoms with Gasteiger partial charge in [-0.3, -0.25) is 4.79 Å². The van der Waals surface area contributed by atoms with E-state index >= 15 is 0 Å². The van der Waals surface area contributed by atoms with E-state index < -0.39 is 24.0 Å². The SMILES string of the molecule is C[C@H](CO)N1C[C@H](C)[C@H](CN(C)C(=O)Nc2cccc3ccccc23)Oc2ccc(NC(=O)Nc3ccc(F)cc3)cc2CC1=O. The number of carbonyl (C=O) groups excluding carboxylic acids is 3. The van der Waals surface area contributed by atoms with Gasteiger partial charge in [0.05, 0.1) is 31.3 Å². The molecule has 0 unspecified atom stereocenters. The molecular weight excluding hydrogens is 589 g/mol. The number of nitrogens with zero attached hydrogens (tertiary/aromatic N) is 2. The average Bonchev–Trinajstić information content (AvgIpc) is 3.09. The van der Waals surface area contributed by atoms with Crippen LogP contribution in [0.4, 0.5) is 31.0 Å². The molecule has 0 bridgehead atoms. The van der Waals surface area contributed by atoms with Crippen molar-refractivity contribution in [1.29, 1.82) is 0 Å². The van der Waals surface area contributed by atoms with E-state index in [1.807, 2.05) is 49.4 Å².